The molecule has 0 saturated carbocycles. The molecule has 4 nitrogen and oxygen atoms in total. The molecule has 4 heteroatoms. The molecule has 1 aromatic rings. The Morgan fingerprint density at radius 3 is 2.58 bits per heavy atom. The van der Waals surface area contributed by atoms with E-state index < -0.39 is 0 Å². The molecule has 0 aliphatic carbocycles. The number of fused-ring (bicyclic) bond motifs is 1. The van der Waals surface area contributed by atoms with Crippen LogP contribution in [0.3, 0.4) is 0 Å². The van der Waals surface area contributed by atoms with Gasteiger partial charge in [-0.3, -0.25) is 5.84 Å². The third kappa shape index (κ3) is 2.26. The number of hydrogen-bond donors (Lipinski definition) is 4. The first-order valence-electron chi connectivity index (χ1n) is 6.01. The summed E-state index contributed by atoms with van der Waals surface area (Å²) in [6, 6.07) is 7.83. The molecule has 1 aliphatic heterocycles. The summed E-state index contributed by atoms with van der Waals surface area (Å²) in [6.45, 7) is 8.29. The molecule has 0 fully saturated rings. The standard InChI is InChI=1S/C15H18N4/c1-3-10-9-18-13-8-6-5-7-12(13)14(16)15(19-17)11(10)4-2/h3-8,18-19H,1-2,9,16-17H2/b11-10-,15-14-. The molecular formula is C15H18N4. The van der Waals surface area contributed by atoms with E-state index in [1.54, 1.807) is 12.2 Å². The van der Waals surface area contributed by atoms with Crippen LogP contribution in [0.2, 0.25) is 0 Å². The molecule has 0 aromatic heterocycles. The lowest BCUT2D eigenvalue weighted by atomic mass is 9.97. The van der Waals surface area contributed by atoms with Gasteiger partial charge in [-0.2, -0.15) is 0 Å². The average Bonchev–Trinajstić information content (AvgIpc) is 2.45. The van der Waals surface area contributed by atoms with E-state index in [2.05, 4.69) is 23.9 Å². The van der Waals surface area contributed by atoms with Gasteiger partial charge in [-0.15, -0.1) is 0 Å². The fourth-order valence-corrected chi connectivity index (χ4v) is 2.17. The lowest BCUT2D eigenvalue weighted by molar-refractivity contribution is 0.897. The monoisotopic (exact) mass is 254 g/mol. The number of hydrazine groups is 1. The zero-order valence-corrected chi connectivity index (χ0v) is 10.7. The highest BCUT2D eigenvalue weighted by molar-refractivity contribution is 5.80. The number of para-hydroxylation sites is 1. The van der Waals surface area contributed by atoms with Crippen LogP contribution in [0, 0.1) is 0 Å². The maximum Gasteiger partial charge on any atom is 0.0799 e. The van der Waals surface area contributed by atoms with Crippen molar-refractivity contribution in [2.75, 3.05) is 11.9 Å². The van der Waals surface area contributed by atoms with Crippen molar-refractivity contribution in [2.24, 2.45) is 11.6 Å². The number of hydrogen-bond acceptors (Lipinski definition) is 4. The Morgan fingerprint density at radius 2 is 1.95 bits per heavy atom. The summed E-state index contributed by atoms with van der Waals surface area (Å²) < 4.78 is 0. The van der Waals surface area contributed by atoms with Gasteiger partial charge in [0.1, 0.15) is 0 Å². The van der Waals surface area contributed by atoms with Gasteiger partial charge in [0.25, 0.3) is 0 Å². The zero-order valence-electron chi connectivity index (χ0n) is 10.7. The van der Waals surface area contributed by atoms with Crippen LogP contribution in [0.25, 0.3) is 5.70 Å². The molecule has 0 unspecified atom stereocenters. The van der Waals surface area contributed by atoms with Crippen molar-refractivity contribution in [2.45, 2.75) is 0 Å². The molecule has 1 aliphatic rings. The summed E-state index contributed by atoms with van der Waals surface area (Å²) in [5.41, 5.74) is 13.9. The molecule has 0 spiro atoms. The van der Waals surface area contributed by atoms with Gasteiger partial charge in [-0.05, 0) is 11.6 Å². The predicted octanol–water partition coefficient (Wildman–Crippen LogP) is 1.87. The Labute approximate surface area is 113 Å². The lowest BCUT2D eigenvalue weighted by Crippen LogP contribution is -2.27. The maximum absolute atomic E-state index is 6.23. The summed E-state index contributed by atoms with van der Waals surface area (Å²) >= 11 is 0. The van der Waals surface area contributed by atoms with E-state index in [0.29, 0.717) is 17.9 Å². The van der Waals surface area contributed by atoms with Crippen molar-refractivity contribution in [3.63, 3.8) is 0 Å². The lowest BCUT2D eigenvalue weighted by Gasteiger charge is -2.22. The van der Waals surface area contributed by atoms with Crippen LogP contribution in [-0.2, 0) is 0 Å². The van der Waals surface area contributed by atoms with Crippen LogP contribution in [0.1, 0.15) is 5.56 Å². The van der Waals surface area contributed by atoms with Gasteiger partial charge < -0.3 is 16.5 Å². The highest BCUT2D eigenvalue weighted by atomic mass is 15.2. The third-order valence-electron chi connectivity index (χ3n) is 3.17. The molecule has 0 radical (unpaired) electrons. The van der Waals surface area contributed by atoms with Crippen molar-refractivity contribution < 1.29 is 0 Å². The van der Waals surface area contributed by atoms with Crippen molar-refractivity contribution in [3.05, 3.63) is 72.0 Å². The first kappa shape index (κ1) is 13.0. The van der Waals surface area contributed by atoms with Crippen molar-refractivity contribution in [1.29, 1.82) is 0 Å². The van der Waals surface area contributed by atoms with E-state index in [9.17, 15) is 0 Å². The number of nitrogens with one attached hydrogen (secondary N) is 2. The predicted molar refractivity (Wildman–Crippen MR) is 80.8 cm³/mol. The Bertz CT molecular complexity index is 582. The molecule has 0 bridgehead atoms. The fraction of sp³-hybridized carbons (Fsp3) is 0.0667. The molecule has 0 atom stereocenters. The molecule has 1 aromatic carbocycles. The number of rotatable bonds is 3. The third-order valence-corrected chi connectivity index (χ3v) is 3.17. The maximum atomic E-state index is 6.23. The van der Waals surface area contributed by atoms with E-state index in [4.69, 9.17) is 11.6 Å². The minimum atomic E-state index is 0.583. The van der Waals surface area contributed by atoms with Crippen LogP contribution in [0.4, 0.5) is 5.69 Å². The number of benzene rings is 1. The SMILES string of the molecule is C=C/C1=C(C=C)/C(NN)=C(/N)c2ccccc2NC1. The van der Waals surface area contributed by atoms with Crippen LogP contribution < -0.4 is 22.3 Å². The van der Waals surface area contributed by atoms with E-state index >= 15 is 0 Å². The second kappa shape index (κ2) is 5.46. The van der Waals surface area contributed by atoms with Crippen molar-refractivity contribution in [3.8, 4) is 0 Å². The smallest absolute Gasteiger partial charge is 0.0799 e. The van der Waals surface area contributed by atoms with Crippen LogP contribution >= 0.6 is 0 Å². The summed E-state index contributed by atoms with van der Waals surface area (Å²) in [5, 5.41) is 3.35. The fourth-order valence-electron chi connectivity index (χ4n) is 2.17. The first-order valence-corrected chi connectivity index (χ1v) is 6.01. The van der Waals surface area contributed by atoms with Crippen molar-refractivity contribution >= 4 is 11.4 Å². The van der Waals surface area contributed by atoms with E-state index in [1.165, 1.54) is 0 Å². The molecule has 6 N–H and O–H groups in total. The van der Waals surface area contributed by atoms with Gasteiger partial charge >= 0.3 is 0 Å². The first-order chi connectivity index (χ1) is 9.22. The minimum Gasteiger partial charge on any atom is -0.396 e. The molecule has 19 heavy (non-hydrogen) atoms. The van der Waals surface area contributed by atoms with Gasteiger partial charge in [0, 0.05) is 23.4 Å². The van der Waals surface area contributed by atoms with Gasteiger partial charge in [-0.1, -0.05) is 43.5 Å². The summed E-state index contributed by atoms with van der Waals surface area (Å²) in [7, 11) is 0. The normalized spacial score (nSPS) is 22.6. The highest BCUT2D eigenvalue weighted by Gasteiger charge is 2.16. The molecule has 98 valence electrons. The summed E-state index contributed by atoms with van der Waals surface area (Å²) in [4.78, 5) is 0. The number of nitrogens with two attached hydrogens (primary N) is 2. The average molecular weight is 254 g/mol. The quantitative estimate of drug-likeness (QED) is 0.490. The van der Waals surface area contributed by atoms with Gasteiger partial charge in [-0.25, -0.2) is 0 Å². The Hall–Kier alpha value is -2.46. The van der Waals surface area contributed by atoms with E-state index in [1.807, 2.05) is 24.3 Å². The molecule has 0 saturated heterocycles. The van der Waals surface area contributed by atoms with Gasteiger partial charge in [0.2, 0.25) is 0 Å². The Kier molecular flexibility index (Phi) is 3.73. The van der Waals surface area contributed by atoms with E-state index in [-0.39, 0.29) is 0 Å². The minimum absolute atomic E-state index is 0.583. The van der Waals surface area contributed by atoms with Crippen LogP contribution in [-0.4, -0.2) is 6.54 Å². The molecule has 2 rings (SSSR count). The van der Waals surface area contributed by atoms with Crippen LogP contribution in [0.5, 0.6) is 0 Å². The Balaban J connectivity index is 2.73. The Morgan fingerprint density at radius 1 is 1.21 bits per heavy atom. The molecule has 0 amide bonds. The summed E-state index contributed by atoms with van der Waals surface area (Å²) in [6.07, 6.45) is 3.51. The molecular weight excluding hydrogens is 236 g/mol. The number of anilines is 1. The van der Waals surface area contributed by atoms with Crippen LogP contribution in [0.15, 0.2) is 66.4 Å². The van der Waals surface area contributed by atoms with E-state index in [0.717, 1.165) is 22.4 Å². The molecule has 1 heterocycles. The number of allylic oxidation sites excluding steroid dienone is 1. The zero-order chi connectivity index (χ0) is 13.8. The van der Waals surface area contributed by atoms with Gasteiger partial charge in [0.15, 0.2) is 0 Å². The second-order valence-corrected chi connectivity index (χ2v) is 4.18. The largest absolute Gasteiger partial charge is 0.396 e. The van der Waals surface area contributed by atoms with Crippen molar-refractivity contribution in [1.82, 2.24) is 5.43 Å². The highest BCUT2D eigenvalue weighted by Crippen LogP contribution is 2.29. The summed E-state index contributed by atoms with van der Waals surface area (Å²) in [5.74, 6) is 5.63. The second-order valence-electron chi connectivity index (χ2n) is 4.18. The topological polar surface area (TPSA) is 76.1 Å². The van der Waals surface area contributed by atoms with Gasteiger partial charge in [0.05, 0.1) is 11.4 Å².